The van der Waals surface area contributed by atoms with Crippen LogP contribution in [0.25, 0.3) is 0 Å². The summed E-state index contributed by atoms with van der Waals surface area (Å²) < 4.78 is 41.2. The molecule has 2 unspecified atom stereocenters. The molecule has 0 bridgehead atoms. The maximum Gasteiger partial charge on any atom is 0.414 e. The number of alkyl halides is 3. The summed E-state index contributed by atoms with van der Waals surface area (Å²) in [5, 5.41) is 12.1. The number of hydrogen-bond donors (Lipinski definition) is 2. The fourth-order valence-electron chi connectivity index (χ4n) is 1.79. The number of hydrogen-bond acceptors (Lipinski definition) is 3. The topological polar surface area (TPSA) is 58.6 Å². The van der Waals surface area contributed by atoms with Crippen molar-refractivity contribution in [3.63, 3.8) is 0 Å². The highest BCUT2D eigenvalue weighted by Crippen LogP contribution is 2.23. The van der Waals surface area contributed by atoms with Crippen LogP contribution in [0.1, 0.15) is 40.0 Å². The van der Waals surface area contributed by atoms with Crippen molar-refractivity contribution >= 4 is 5.97 Å². The summed E-state index contributed by atoms with van der Waals surface area (Å²) >= 11 is 0. The zero-order valence-corrected chi connectivity index (χ0v) is 11.5. The molecule has 7 heteroatoms. The highest BCUT2D eigenvalue weighted by Gasteiger charge is 2.38. The number of likely N-dealkylation sites (N-methyl/N-ethyl adjacent to an activating group) is 1. The molecule has 0 rings (SSSR count). The van der Waals surface area contributed by atoms with Crippen molar-refractivity contribution in [3.05, 3.63) is 0 Å². The minimum atomic E-state index is -4.38. The lowest BCUT2D eigenvalue weighted by Gasteiger charge is -2.29. The van der Waals surface area contributed by atoms with E-state index in [1.807, 2.05) is 0 Å². The zero-order valence-electron chi connectivity index (χ0n) is 11.5. The highest BCUT2D eigenvalue weighted by molar-refractivity contribution is 5.78. The van der Waals surface area contributed by atoms with Crippen LogP contribution in [0.2, 0.25) is 0 Å². The fourth-order valence-corrected chi connectivity index (χ4v) is 1.79. The average Bonchev–Trinajstić information content (AvgIpc) is 2.31. The number of carbonyl (C=O) groups is 1. The molecule has 0 saturated heterocycles. The standard InChI is InChI=1S/C12H22F3NO3/c1-4-11(10(17)18,16-5-2)7-6-8-19-9(3)12(13,14)15/h9,16H,4-8H2,1-3H3,(H,17,18). The van der Waals surface area contributed by atoms with E-state index < -0.39 is 23.8 Å². The maximum absolute atomic E-state index is 12.2. The third kappa shape index (κ3) is 5.78. The first-order valence-electron chi connectivity index (χ1n) is 6.36. The average molecular weight is 285 g/mol. The van der Waals surface area contributed by atoms with Crippen LogP contribution in [-0.2, 0) is 9.53 Å². The zero-order chi connectivity index (χ0) is 15.1. The molecule has 0 aromatic carbocycles. The number of nitrogens with one attached hydrogen (secondary N) is 1. The molecule has 0 aromatic rings. The van der Waals surface area contributed by atoms with Crippen molar-refractivity contribution < 1.29 is 27.8 Å². The summed E-state index contributed by atoms with van der Waals surface area (Å²) in [6.07, 6.45) is -5.35. The summed E-state index contributed by atoms with van der Waals surface area (Å²) in [7, 11) is 0. The quantitative estimate of drug-likeness (QED) is 0.639. The van der Waals surface area contributed by atoms with Crippen LogP contribution in [-0.4, -0.2) is 42.0 Å². The molecule has 0 spiro atoms. The van der Waals surface area contributed by atoms with Crippen LogP contribution in [0, 0.1) is 0 Å². The van der Waals surface area contributed by atoms with Crippen LogP contribution in [0.5, 0.6) is 0 Å². The summed E-state index contributed by atoms with van der Waals surface area (Å²) in [5.41, 5.74) is -1.08. The normalized spacial score (nSPS) is 16.9. The Morgan fingerprint density at radius 3 is 2.32 bits per heavy atom. The Kier molecular flexibility index (Phi) is 7.36. The van der Waals surface area contributed by atoms with E-state index in [0.29, 0.717) is 13.0 Å². The molecule has 114 valence electrons. The molecule has 0 amide bonds. The molecule has 0 aliphatic carbocycles. The predicted octanol–water partition coefficient (Wildman–Crippen LogP) is 2.58. The minimum absolute atomic E-state index is 0.110. The van der Waals surface area contributed by atoms with Crippen LogP contribution in [0.15, 0.2) is 0 Å². The van der Waals surface area contributed by atoms with E-state index in [1.165, 1.54) is 0 Å². The van der Waals surface area contributed by atoms with Gasteiger partial charge in [0, 0.05) is 6.61 Å². The van der Waals surface area contributed by atoms with E-state index in [1.54, 1.807) is 13.8 Å². The van der Waals surface area contributed by atoms with Gasteiger partial charge in [-0.05, 0) is 32.7 Å². The molecule has 19 heavy (non-hydrogen) atoms. The van der Waals surface area contributed by atoms with Gasteiger partial charge < -0.3 is 15.2 Å². The first-order chi connectivity index (χ1) is 8.69. The number of carboxylic acid groups (broad SMARTS) is 1. The van der Waals surface area contributed by atoms with Gasteiger partial charge in [-0.2, -0.15) is 13.2 Å². The Balaban J connectivity index is 4.25. The second-order valence-electron chi connectivity index (χ2n) is 4.43. The van der Waals surface area contributed by atoms with E-state index in [0.717, 1.165) is 6.92 Å². The first kappa shape index (κ1) is 18.2. The fraction of sp³-hybridized carbons (Fsp3) is 0.917. The van der Waals surface area contributed by atoms with Crippen LogP contribution < -0.4 is 5.32 Å². The Hall–Kier alpha value is -0.820. The highest BCUT2D eigenvalue weighted by atomic mass is 19.4. The van der Waals surface area contributed by atoms with Crippen LogP contribution in [0.3, 0.4) is 0 Å². The van der Waals surface area contributed by atoms with E-state index in [-0.39, 0.29) is 19.4 Å². The summed E-state index contributed by atoms with van der Waals surface area (Å²) in [6.45, 7) is 4.83. The van der Waals surface area contributed by atoms with Gasteiger partial charge in [0.05, 0.1) is 0 Å². The smallest absolute Gasteiger partial charge is 0.414 e. The van der Waals surface area contributed by atoms with Gasteiger partial charge >= 0.3 is 12.1 Å². The number of rotatable bonds is 9. The molecular formula is C12H22F3NO3. The summed E-state index contributed by atoms with van der Waals surface area (Å²) in [4.78, 5) is 11.2. The Morgan fingerprint density at radius 2 is 1.95 bits per heavy atom. The van der Waals surface area contributed by atoms with Crippen LogP contribution >= 0.6 is 0 Å². The lowest BCUT2D eigenvalue weighted by molar-refractivity contribution is -0.214. The van der Waals surface area contributed by atoms with Gasteiger partial charge in [0.2, 0.25) is 0 Å². The van der Waals surface area contributed by atoms with E-state index in [4.69, 9.17) is 0 Å². The molecule has 0 aliphatic heterocycles. The minimum Gasteiger partial charge on any atom is -0.480 e. The van der Waals surface area contributed by atoms with Gasteiger partial charge in [0.1, 0.15) is 5.54 Å². The third-order valence-electron chi connectivity index (χ3n) is 3.10. The van der Waals surface area contributed by atoms with E-state index >= 15 is 0 Å². The second kappa shape index (κ2) is 7.69. The van der Waals surface area contributed by atoms with Crippen molar-refractivity contribution in [3.8, 4) is 0 Å². The molecule has 0 radical (unpaired) electrons. The van der Waals surface area contributed by atoms with E-state index in [2.05, 4.69) is 10.1 Å². The first-order valence-corrected chi connectivity index (χ1v) is 6.36. The lowest BCUT2D eigenvalue weighted by atomic mass is 9.90. The van der Waals surface area contributed by atoms with E-state index in [9.17, 15) is 23.1 Å². The Labute approximate surface area is 111 Å². The maximum atomic E-state index is 12.2. The van der Waals surface area contributed by atoms with Crippen molar-refractivity contribution in [2.24, 2.45) is 0 Å². The number of halogens is 3. The SMILES string of the molecule is CCNC(CC)(CCCOC(C)C(F)(F)F)C(=O)O. The van der Waals surface area contributed by atoms with Crippen molar-refractivity contribution in [2.75, 3.05) is 13.2 Å². The summed E-state index contributed by atoms with van der Waals surface area (Å²) in [5.74, 6) is -0.985. The summed E-state index contributed by atoms with van der Waals surface area (Å²) in [6, 6.07) is 0. The van der Waals surface area contributed by atoms with Gasteiger partial charge in [-0.15, -0.1) is 0 Å². The second-order valence-corrected chi connectivity index (χ2v) is 4.43. The monoisotopic (exact) mass is 285 g/mol. The van der Waals surface area contributed by atoms with Crippen molar-refractivity contribution in [1.29, 1.82) is 0 Å². The Morgan fingerprint density at radius 1 is 1.37 bits per heavy atom. The van der Waals surface area contributed by atoms with Gasteiger partial charge in [0.25, 0.3) is 0 Å². The molecular weight excluding hydrogens is 263 g/mol. The largest absolute Gasteiger partial charge is 0.480 e. The predicted molar refractivity (Wildman–Crippen MR) is 65.0 cm³/mol. The molecule has 0 heterocycles. The molecule has 0 fully saturated rings. The number of ether oxygens (including phenoxy) is 1. The molecule has 0 aromatic heterocycles. The number of aliphatic carboxylic acids is 1. The van der Waals surface area contributed by atoms with Crippen LogP contribution in [0.4, 0.5) is 13.2 Å². The van der Waals surface area contributed by atoms with Crippen molar-refractivity contribution in [1.82, 2.24) is 5.32 Å². The van der Waals surface area contributed by atoms with Crippen molar-refractivity contribution in [2.45, 2.75) is 57.9 Å². The van der Waals surface area contributed by atoms with Gasteiger partial charge in [-0.3, -0.25) is 4.79 Å². The molecule has 4 nitrogen and oxygen atoms in total. The van der Waals surface area contributed by atoms with Gasteiger partial charge in [-0.25, -0.2) is 0 Å². The van der Waals surface area contributed by atoms with Gasteiger partial charge in [0.15, 0.2) is 6.10 Å². The molecule has 0 saturated carbocycles. The van der Waals surface area contributed by atoms with Gasteiger partial charge in [-0.1, -0.05) is 13.8 Å². The molecule has 2 N–H and O–H groups in total. The molecule has 0 aliphatic rings. The lowest BCUT2D eigenvalue weighted by Crippen LogP contribution is -2.51. The third-order valence-corrected chi connectivity index (χ3v) is 3.10. The Bertz CT molecular complexity index is 284. The molecule has 2 atom stereocenters. The number of carboxylic acids is 1.